The zero-order chi connectivity index (χ0) is 31.8. The lowest BCUT2D eigenvalue weighted by molar-refractivity contribution is -0.139. The van der Waals surface area contributed by atoms with E-state index < -0.39 is 35.0 Å². The normalized spacial score (nSPS) is 29.1. The van der Waals surface area contributed by atoms with Gasteiger partial charge < -0.3 is 9.84 Å². The molecule has 0 aromatic heterocycles. The molecule has 9 heteroatoms. The van der Waals surface area contributed by atoms with Crippen LogP contribution in [0.3, 0.4) is 0 Å². The van der Waals surface area contributed by atoms with Gasteiger partial charge in [-0.3, -0.25) is 24.1 Å². The van der Waals surface area contributed by atoms with Crippen LogP contribution in [0.4, 0.5) is 0 Å². The number of benzene rings is 3. The number of methoxy groups -OCH3 is 1. The van der Waals surface area contributed by atoms with Crippen LogP contribution >= 0.6 is 31.9 Å². The van der Waals surface area contributed by atoms with E-state index in [0.29, 0.717) is 37.6 Å². The number of phenolic OH excluding ortho intramolecular Hbond substituents is 1. The van der Waals surface area contributed by atoms with Crippen LogP contribution in [-0.2, 0) is 24.6 Å². The maximum absolute atomic E-state index is 15.1. The quantitative estimate of drug-likeness (QED) is 0.247. The minimum Gasteiger partial charge on any atom is -0.503 e. The van der Waals surface area contributed by atoms with Crippen LogP contribution in [0.25, 0.3) is 5.57 Å². The van der Waals surface area contributed by atoms with Crippen LogP contribution in [0.5, 0.6) is 11.5 Å². The summed E-state index contributed by atoms with van der Waals surface area (Å²) in [6.07, 6.45) is 4.07. The van der Waals surface area contributed by atoms with Crippen molar-refractivity contribution in [2.45, 2.75) is 24.2 Å². The molecular formula is C36H29Br2NO6. The SMILES string of the molecule is COc1cc([C@H]2C3=CC[C@@H]4C(=O)N(C)C(=O)[C@@H]4[C@@H]3C[C@H]3C(=O)C(c4ccccc4)=CC(=O)[C@@]23c2ccccc2)c(Br)c(Br)c1O. The molecule has 7 rings (SSSR count). The van der Waals surface area contributed by atoms with E-state index in [0.717, 1.165) is 5.57 Å². The standard InChI is InChI=1S/C36H29Br2NO6/c1-39-34(43)21-14-13-20-23(28(21)35(39)44)15-25-32(41)22(18-9-5-3-6-10-18)17-27(40)36(25,19-11-7-4-8-12-19)29(20)24-16-26(45-2)33(42)31(38)30(24)37/h3-13,16-17,21,23,25,28-29,42H,14-15H2,1-2H3/t21-,23+,25-,28-,29+,36-/m0/s1. The van der Waals surface area contributed by atoms with Gasteiger partial charge in [-0.25, -0.2) is 0 Å². The molecule has 3 aromatic carbocycles. The van der Waals surface area contributed by atoms with E-state index in [1.165, 1.54) is 25.1 Å². The van der Waals surface area contributed by atoms with Crippen LogP contribution in [0.2, 0.25) is 0 Å². The number of ether oxygens (including phenoxy) is 1. The topological polar surface area (TPSA) is 101 Å². The average molecular weight is 731 g/mol. The molecule has 4 aliphatic rings. The van der Waals surface area contributed by atoms with Crippen molar-refractivity contribution in [3.63, 3.8) is 0 Å². The van der Waals surface area contributed by atoms with Crippen molar-refractivity contribution >= 4 is 60.8 Å². The second-order valence-electron chi connectivity index (χ2n) is 12.2. The summed E-state index contributed by atoms with van der Waals surface area (Å²) in [5.41, 5.74) is 1.76. The lowest BCUT2D eigenvalue weighted by Gasteiger charge is -2.55. The largest absolute Gasteiger partial charge is 0.503 e. The molecule has 0 radical (unpaired) electrons. The second kappa shape index (κ2) is 10.9. The number of phenols is 1. The van der Waals surface area contributed by atoms with Crippen molar-refractivity contribution < 1.29 is 29.0 Å². The molecule has 1 heterocycles. The predicted octanol–water partition coefficient (Wildman–Crippen LogP) is 6.38. The highest BCUT2D eigenvalue weighted by molar-refractivity contribution is 9.13. The maximum Gasteiger partial charge on any atom is 0.233 e. The highest BCUT2D eigenvalue weighted by Crippen LogP contribution is 2.65. The Labute approximate surface area is 277 Å². The first-order valence-electron chi connectivity index (χ1n) is 14.8. The number of halogens is 2. The third-order valence-electron chi connectivity index (χ3n) is 10.3. The first kappa shape index (κ1) is 29.9. The number of allylic oxidation sites excluding steroid dienone is 4. The number of ketones is 2. The smallest absolute Gasteiger partial charge is 0.233 e. The van der Waals surface area contributed by atoms with Crippen molar-refractivity contribution in [1.82, 2.24) is 4.90 Å². The Morgan fingerprint density at radius 1 is 0.911 bits per heavy atom. The number of carbonyl (C=O) groups excluding carboxylic acids is 4. The van der Waals surface area contributed by atoms with Gasteiger partial charge in [0.15, 0.2) is 23.1 Å². The fourth-order valence-electron chi connectivity index (χ4n) is 8.35. The molecule has 7 nitrogen and oxygen atoms in total. The monoisotopic (exact) mass is 729 g/mol. The van der Waals surface area contributed by atoms with Gasteiger partial charge in [-0.1, -0.05) is 72.3 Å². The number of hydrogen-bond acceptors (Lipinski definition) is 6. The van der Waals surface area contributed by atoms with Crippen LogP contribution in [0, 0.1) is 23.7 Å². The zero-order valence-electron chi connectivity index (χ0n) is 24.5. The Kier molecular flexibility index (Phi) is 7.24. The van der Waals surface area contributed by atoms with Crippen molar-refractivity contribution in [3.05, 3.63) is 110 Å². The first-order chi connectivity index (χ1) is 21.6. The predicted molar refractivity (Wildman–Crippen MR) is 174 cm³/mol. The maximum atomic E-state index is 15.1. The molecule has 6 atom stereocenters. The van der Waals surface area contributed by atoms with Gasteiger partial charge in [0.1, 0.15) is 0 Å². The third kappa shape index (κ3) is 4.12. The number of fused-ring (bicyclic) bond motifs is 4. The molecule has 45 heavy (non-hydrogen) atoms. The molecular weight excluding hydrogens is 702 g/mol. The molecule has 3 aromatic rings. The van der Waals surface area contributed by atoms with Gasteiger partial charge in [-0.2, -0.15) is 0 Å². The molecule has 1 saturated carbocycles. The molecule has 0 unspecified atom stereocenters. The van der Waals surface area contributed by atoms with Crippen LogP contribution in [-0.4, -0.2) is 47.5 Å². The van der Waals surface area contributed by atoms with E-state index in [4.69, 9.17) is 4.74 Å². The zero-order valence-corrected chi connectivity index (χ0v) is 27.7. The molecule has 3 aliphatic carbocycles. The molecule has 1 aliphatic heterocycles. The molecule has 228 valence electrons. The van der Waals surface area contributed by atoms with Crippen LogP contribution < -0.4 is 4.74 Å². The van der Waals surface area contributed by atoms with Gasteiger partial charge in [0.05, 0.1) is 28.8 Å². The van der Waals surface area contributed by atoms with Gasteiger partial charge >= 0.3 is 0 Å². The number of aromatic hydroxyl groups is 1. The molecule has 0 spiro atoms. The van der Waals surface area contributed by atoms with Gasteiger partial charge in [0.2, 0.25) is 11.8 Å². The number of likely N-dealkylation sites (tertiary alicyclic amines) is 1. The minimum atomic E-state index is -1.38. The molecule has 2 fully saturated rings. The van der Waals surface area contributed by atoms with Crippen LogP contribution in [0.1, 0.15) is 35.4 Å². The summed E-state index contributed by atoms with van der Waals surface area (Å²) in [4.78, 5) is 58.1. The van der Waals surface area contributed by atoms with Gasteiger partial charge in [-0.05, 0) is 79.5 Å². The lowest BCUT2D eigenvalue weighted by Crippen LogP contribution is -2.58. The van der Waals surface area contributed by atoms with E-state index in [1.54, 1.807) is 6.07 Å². The number of Topliss-reactive ketones (excluding diaryl/α,β-unsaturated/α-hetero) is 1. The number of rotatable bonds is 4. The van der Waals surface area contributed by atoms with Gasteiger partial charge in [0.25, 0.3) is 0 Å². The van der Waals surface area contributed by atoms with Crippen LogP contribution in [0.15, 0.2) is 93.4 Å². The van der Waals surface area contributed by atoms with Gasteiger partial charge in [0, 0.05) is 28.9 Å². The summed E-state index contributed by atoms with van der Waals surface area (Å²) in [7, 11) is 2.97. The number of nitrogens with zero attached hydrogens (tertiary/aromatic N) is 1. The first-order valence-corrected chi connectivity index (χ1v) is 16.4. The Morgan fingerprint density at radius 2 is 1.58 bits per heavy atom. The molecule has 1 saturated heterocycles. The van der Waals surface area contributed by atoms with Gasteiger partial charge in [-0.15, -0.1) is 0 Å². The summed E-state index contributed by atoms with van der Waals surface area (Å²) in [6.45, 7) is 0. The summed E-state index contributed by atoms with van der Waals surface area (Å²) in [5, 5.41) is 10.9. The number of carbonyl (C=O) groups is 4. The van der Waals surface area contributed by atoms with E-state index in [-0.39, 0.29) is 41.3 Å². The van der Waals surface area contributed by atoms with E-state index in [9.17, 15) is 19.5 Å². The Morgan fingerprint density at radius 3 is 2.24 bits per heavy atom. The minimum absolute atomic E-state index is 0.112. The molecule has 0 bridgehead atoms. The van der Waals surface area contributed by atoms with E-state index in [1.807, 2.05) is 66.7 Å². The van der Waals surface area contributed by atoms with Crippen molar-refractivity contribution in [3.8, 4) is 11.5 Å². The molecule has 1 N–H and O–H groups in total. The number of imide groups is 1. The second-order valence-corrected chi connectivity index (χ2v) is 13.8. The van der Waals surface area contributed by atoms with Crippen molar-refractivity contribution in [1.29, 1.82) is 0 Å². The Balaban J connectivity index is 1.57. The summed E-state index contributed by atoms with van der Waals surface area (Å²) >= 11 is 7.21. The van der Waals surface area contributed by atoms with E-state index in [2.05, 4.69) is 31.9 Å². The third-order valence-corrected chi connectivity index (χ3v) is 12.5. The number of amides is 2. The summed E-state index contributed by atoms with van der Waals surface area (Å²) in [6, 6.07) is 20.2. The average Bonchev–Trinajstić information content (AvgIpc) is 3.29. The van der Waals surface area contributed by atoms with Crippen molar-refractivity contribution in [2.24, 2.45) is 23.7 Å². The summed E-state index contributed by atoms with van der Waals surface area (Å²) in [5.74, 6) is -4.01. The lowest BCUT2D eigenvalue weighted by atomic mass is 9.44. The highest BCUT2D eigenvalue weighted by Gasteiger charge is 2.66. The van der Waals surface area contributed by atoms with Crippen molar-refractivity contribution in [2.75, 3.05) is 14.2 Å². The summed E-state index contributed by atoms with van der Waals surface area (Å²) < 4.78 is 6.42. The Hall–Kier alpha value is -3.82. The molecule has 2 amide bonds. The number of hydrogen-bond donors (Lipinski definition) is 1. The highest BCUT2D eigenvalue weighted by atomic mass is 79.9. The Bertz CT molecular complexity index is 1850. The van der Waals surface area contributed by atoms with E-state index >= 15 is 4.79 Å². The fraction of sp³-hybridized carbons (Fsp3) is 0.278. The fourth-order valence-corrected chi connectivity index (χ4v) is 9.31.